The number of hydrogen-bond acceptors (Lipinski definition) is 4. The van der Waals surface area contributed by atoms with Gasteiger partial charge in [-0.25, -0.2) is 0 Å². The molecule has 25 heavy (non-hydrogen) atoms. The van der Waals surface area contributed by atoms with Crippen molar-refractivity contribution in [1.82, 2.24) is 4.90 Å². The summed E-state index contributed by atoms with van der Waals surface area (Å²) in [6, 6.07) is 10.3. The number of hydrogen-bond donors (Lipinski definition) is 0. The summed E-state index contributed by atoms with van der Waals surface area (Å²) in [6.45, 7) is 12.2. The van der Waals surface area contributed by atoms with Crippen LogP contribution in [-0.4, -0.2) is 52.0 Å². The summed E-state index contributed by atoms with van der Waals surface area (Å²) in [7, 11) is -1.38. The van der Waals surface area contributed by atoms with Crippen LogP contribution in [0.1, 0.15) is 18.4 Å². The van der Waals surface area contributed by atoms with Gasteiger partial charge in [0.15, 0.2) is 5.88 Å². The Hall–Kier alpha value is -1.30. The van der Waals surface area contributed by atoms with Crippen molar-refractivity contribution in [2.45, 2.75) is 45.2 Å². The molecule has 5 heteroatoms. The lowest BCUT2D eigenvalue weighted by molar-refractivity contribution is -0.00384. The quantitative estimate of drug-likeness (QED) is 0.546. The number of rotatable bonds is 7. The highest BCUT2D eigenvalue weighted by molar-refractivity contribution is 6.83. The number of nitrogens with zero attached hydrogens (tertiary/aromatic N) is 1. The summed E-state index contributed by atoms with van der Waals surface area (Å²) in [6.07, 6.45) is 2.28. The Morgan fingerprint density at radius 3 is 2.52 bits per heavy atom. The van der Waals surface area contributed by atoms with Crippen molar-refractivity contribution in [3.63, 3.8) is 0 Å². The highest BCUT2D eigenvalue weighted by Gasteiger charge is 2.36. The molecule has 1 atom stereocenters. The number of benzene rings is 1. The third-order valence-electron chi connectivity index (χ3n) is 4.87. The average molecular weight is 362 g/mol. The molecule has 1 saturated heterocycles. The Bertz CT molecular complexity index is 576. The lowest BCUT2D eigenvalue weighted by atomic mass is 10.2. The average Bonchev–Trinajstić information content (AvgIpc) is 3.05. The highest BCUT2D eigenvalue weighted by atomic mass is 28.3. The van der Waals surface area contributed by atoms with Crippen LogP contribution in [-0.2, 0) is 20.8 Å². The fourth-order valence-electron chi connectivity index (χ4n) is 3.38. The molecule has 0 N–H and O–H groups in total. The van der Waals surface area contributed by atoms with Gasteiger partial charge in [0, 0.05) is 25.9 Å². The zero-order valence-electron chi connectivity index (χ0n) is 15.8. The molecule has 0 amide bonds. The van der Waals surface area contributed by atoms with Gasteiger partial charge in [0.1, 0.15) is 6.10 Å². The van der Waals surface area contributed by atoms with E-state index in [1.807, 2.05) is 6.07 Å². The first-order valence-corrected chi connectivity index (χ1v) is 12.9. The normalized spacial score (nSPS) is 21.6. The van der Waals surface area contributed by atoms with E-state index in [1.54, 1.807) is 5.20 Å². The molecule has 1 aromatic rings. The highest BCUT2D eigenvalue weighted by Crippen LogP contribution is 2.35. The van der Waals surface area contributed by atoms with Crippen molar-refractivity contribution in [1.29, 1.82) is 0 Å². The first kappa shape index (κ1) is 18.5. The van der Waals surface area contributed by atoms with Gasteiger partial charge < -0.3 is 19.1 Å². The van der Waals surface area contributed by atoms with Crippen molar-refractivity contribution in [3.8, 4) is 0 Å². The topological polar surface area (TPSA) is 30.9 Å². The van der Waals surface area contributed by atoms with E-state index in [1.165, 1.54) is 5.56 Å². The summed E-state index contributed by atoms with van der Waals surface area (Å²) in [5, 5.41) is 1.57. The van der Waals surface area contributed by atoms with Crippen molar-refractivity contribution >= 4 is 8.07 Å². The smallest absolute Gasteiger partial charge is 0.184 e. The first-order chi connectivity index (χ1) is 12.0. The second kappa shape index (κ2) is 8.38. The van der Waals surface area contributed by atoms with Gasteiger partial charge in [0.25, 0.3) is 0 Å². The molecule has 0 aromatic heterocycles. The van der Waals surface area contributed by atoms with Gasteiger partial charge in [-0.15, -0.1) is 0 Å². The third kappa shape index (κ3) is 5.09. The molecule has 0 aliphatic carbocycles. The Morgan fingerprint density at radius 2 is 1.84 bits per heavy atom. The van der Waals surface area contributed by atoms with E-state index in [-0.39, 0.29) is 6.10 Å². The van der Waals surface area contributed by atoms with Crippen LogP contribution in [0.5, 0.6) is 0 Å². The first-order valence-electron chi connectivity index (χ1n) is 9.38. The van der Waals surface area contributed by atoms with E-state index < -0.39 is 8.07 Å². The third-order valence-corrected chi connectivity index (χ3v) is 7.10. The standard InChI is InChI=1S/C20H31NO3Si/c1-25(2,3)19-15-18(24-20(19)21-10-13-22-14-11-21)9-12-23-16-17-7-5-4-6-8-17/h4-8,18H,9-16H2,1-3H3/t18-/m1/s1. The van der Waals surface area contributed by atoms with E-state index >= 15 is 0 Å². The lowest BCUT2D eigenvalue weighted by Crippen LogP contribution is -2.38. The Labute approximate surface area is 152 Å². The second-order valence-corrected chi connectivity index (χ2v) is 13.0. The lowest BCUT2D eigenvalue weighted by Gasteiger charge is -2.31. The van der Waals surface area contributed by atoms with Crippen molar-refractivity contribution in [2.24, 2.45) is 0 Å². The summed E-state index contributed by atoms with van der Waals surface area (Å²) < 4.78 is 17.8. The van der Waals surface area contributed by atoms with Crippen LogP contribution in [0.2, 0.25) is 19.6 Å². The number of morpholine rings is 1. The Kier molecular flexibility index (Phi) is 6.20. The molecular formula is C20H31NO3Si. The fraction of sp³-hybridized carbons (Fsp3) is 0.600. The second-order valence-electron chi connectivity index (χ2n) is 7.90. The maximum atomic E-state index is 6.40. The molecule has 138 valence electrons. The van der Waals surface area contributed by atoms with Gasteiger partial charge in [-0.3, -0.25) is 0 Å². The molecule has 1 aromatic carbocycles. The SMILES string of the molecule is C[Si](C)(C)C1=C(N2CCOCC2)O[C@H](CCOCc2ccccc2)C1. The largest absolute Gasteiger partial charge is 0.476 e. The molecule has 2 aliphatic heterocycles. The molecule has 0 saturated carbocycles. The van der Waals surface area contributed by atoms with Crippen LogP contribution in [0.4, 0.5) is 0 Å². The van der Waals surface area contributed by atoms with E-state index in [9.17, 15) is 0 Å². The molecule has 2 aliphatic rings. The van der Waals surface area contributed by atoms with E-state index in [0.717, 1.165) is 51.6 Å². The van der Waals surface area contributed by atoms with Crippen molar-refractivity contribution < 1.29 is 14.2 Å². The van der Waals surface area contributed by atoms with Gasteiger partial charge in [0.2, 0.25) is 0 Å². The molecule has 4 nitrogen and oxygen atoms in total. The Morgan fingerprint density at radius 1 is 1.12 bits per heavy atom. The maximum Gasteiger partial charge on any atom is 0.184 e. The van der Waals surface area contributed by atoms with Gasteiger partial charge >= 0.3 is 0 Å². The van der Waals surface area contributed by atoms with Crippen molar-refractivity contribution in [3.05, 3.63) is 47.0 Å². The van der Waals surface area contributed by atoms with E-state index in [4.69, 9.17) is 14.2 Å². The van der Waals surface area contributed by atoms with Crippen LogP contribution in [0.3, 0.4) is 0 Å². The number of ether oxygens (including phenoxy) is 3. The van der Waals surface area contributed by atoms with Gasteiger partial charge in [-0.2, -0.15) is 0 Å². The van der Waals surface area contributed by atoms with Crippen LogP contribution in [0, 0.1) is 0 Å². The molecule has 1 fully saturated rings. The van der Waals surface area contributed by atoms with Crippen LogP contribution in [0.25, 0.3) is 0 Å². The van der Waals surface area contributed by atoms with Gasteiger partial charge in [0.05, 0.1) is 34.5 Å². The maximum absolute atomic E-state index is 6.40. The summed E-state index contributed by atoms with van der Waals surface area (Å²) in [5.41, 5.74) is 1.23. The van der Waals surface area contributed by atoms with Crippen LogP contribution < -0.4 is 0 Å². The van der Waals surface area contributed by atoms with Crippen molar-refractivity contribution in [2.75, 3.05) is 32.9 Å². The van der Waals surface area contributed by atoms with E-state index in [2.05, 4.69) is 48.8 Å². The monoisotopic (exact) mass is 361 g/mol. The van der Waals surface area contributed by atoms with Crippen LogP contribution >= 0.6 is 0 Å². The molecular weight excluding hydrogens is 330 g/mol. The van der Waals surface area contributed by atoms with Gasteiger partial charge in [-0.1, -0.05) is 50.0 Å². The molecule has 0 radical (unpaired) electrons. The summed E-state index contributed by atoms with van der Waals surface area (Å²) >= 11 is 0. The predicted octanol–water partition coefficient (Wildman–Crippen LogP) is 3.80. The van der Waals surface area contributed by atoms with Crippen LogP contribution in [0.15, 0.2) is 41.4 Å². The summed E-state index contributed by atoms with van der Waals surface area (Å²) in [4.78, 5) is 2.39. The molecule has 2 heterocycles. The minimum atomic E-state index is -1.38. The minimum Gasteiger partial charge on any atom is -0.476 e. The fourth-order valence-corrected chi connectivity index (χ4v) is 5.08. The van der Waals surface area contributed by atoms with E-state index in [0.29, 0.717) is 6.61 Å². The zero-order chi connectivity index (χ0) is 17.7. The summed E-state index contributed by atoms with van der Waals surface area (Å²) in [5.74, 6) is 1.16. The van der Waals surface area contributed by atoms with Gasteiger partial charge in [-0.05, 0) is 10.8 Å². The predicted molar refractivity (Wildman–Crippen MR) is 103 cm³/mol. The molecule has 3 rings (SSSR count). The molecule has 0 spiro atoms. The Balaban J connectivity index is 1.51. The minimum absolute atomic E-state index is 0.260. The zero-order valence-corrected chi connectivity index (χ0v) is 16.8. The molecule has 0 bridgehead atoms. The molecule has 0 unspecified atom stereocenters.